The van der Waals surface area contributed by atoms with E-state index in [0.717, 1.165) is 5.56 Å². The number of sulfone groups is 1. The van der Waals surface area contributed by atoms with Gasteiger partial charge in [0.15, 0.2) is 9.84 Å². The number of ether oxygens (including phenoxy) is 1. The smallest absolute Gasteiger partial charge is 0.240 e. The van der Waals surface area contributed by atoms with Crippen molar-refractivity contribution in [3.05, 3.63) is 23.8 Å². The third-order valence-electron chi connectivity index (χ3n) is 3.53. The van der Waals surface area contributed by atoms with Crippen molar-refractivity contribution in [1.29, 1.82) is 0 Å². The van der Waals surface area contributed by atoms with E-state index in [1.165, 1.54) is 6.07 Å². The average molecular weight is 317 g/mol. The van der Waals surface area contributed by atoms with Crippen LogP contribution in [0, 0.1) is 0 Å². The number of nitrogens with one attached hydrogen (secondary N) is 1. The maximum atomic E-state index is 12.3. The molecule has 1 saturated heterocycles. The Bertz CT molecular complexity index is 739. The lowest BCUT2D eigenvalue weighted by molar-refractivity contribution is 0.356. The zero-order valence-electron chi connectivity index (χ0n) is 10.7. The molecular formula is C12H15NO5S2. The first-order chi connectivity index (χ1) is 9.36. The lowest BCUT2D eigenvalue weighted by Gasteiger charge is -2.12. The molecule has 0 aromatic heterocycles. The summed E-state index contributed by atoms with van der Waals surface area (Å²) in [5.41, 5.74) is 0.868. The fourth-order valence-electron chi connectivity index (χ4n) is 2.51. The topological polar surface area (TPSA) is 89.5 Å². The molecule has 0 radical (unpaired) electrons. The van der Waals surface area contributed by atoms with Gasteiger partial charge in [-0.2, -0.15) is 0 Å². The Balaban J connectivity index is 1.82. The van der Waals surface area contributed by atoms with Crippen molar-refractivity contribution in [3.63, 3.8) is 0 Å². The number of rotatable bonds is 3. The van der Waals surface area contributed by atoms with Gasteiger partial charge < -0.3 is 4.74 Å². The first kappa shape index (κ1) is 13.8. The Labute approximate surface area is 118 Å². The largest absolute Gasteiger partial charge is 0.493 e. The molecule has 1 atom stereocenters. The van der Waals surface area contributed by atoms with Crippen LogP contribution in [0.25, 0.3) is 0 Å². The van der Waals surface area contributed by atoms with Crippen molar-refractivity contribution in [2.75, 3.05) is 18.1 Å². The van der Waals surface area contributed by atoms with E-state index in [1.807, 2.05) is 0 Å². The second-order valence-corrected chi connectivity index (χ2v) is 9.03. The summed E-state index contributed by atoms with van der Waals surface area (Å²) in [4.78, 5) is 0.158. The third kappa shape index (κ3) is 2.68. The molecule has 1 fully saturated rings. The van der Waals surface area contributed by atoms with E-state index in [2.05, 4.69) is 4.72 Å². The summed E-state index contributed by atoms with van der Waals surface area (Å²) in [6.07, 6.45) is 1.02. The molecule has 0 amide bonds. The van der Waals surface area contributed by atoms with Crippen molar-refractivity contribution >= 4 is 19.9 Å². The molecule has 0 saturated carbocycles. The summed E-state index contributed by atoms with van der Waals surface area (Å²) in [5.74, 6) is 0.630. The van der Waals surface area contributed by atoms with E-state index in [1.54, 1.807) is 12.1 Å². The van der Waals surface area contributed by atoms with E-state index in [-0.39, 0.29) is 16.4 Å². The van der Waals surface area contributed by atoms with Gasteiger partial charge in [0, 0.05) is 12.5 Å². The van der Waals surface area contributed by atoms with Crippen LogP contribution in [0.1, 0.15) is 12.0 Å². The highest BCUT2D eigenvalue weighted by molar-refractivity contribution is 7.92. The SMILES string of the molecule is O=S1(=O)CC[C@@H](NS(=O)(=O)c2ccc3c(c2)CCO3)C1. The van der Waals surface area contributed by atoms with Gasteiger partial charge in [0.25, 0.3) is 0 Å². The number of fused-ring (bicyclic) bond motifs is 1. The molecule has 0 spiro atoms. The molecule has 3 rings (SSSR count). The summed E-state index contributed by atoms with van der Waals surface area (Å²) >= 11 is 0. The van der Waals surface area contributed by atoms with Crippen LogP contribution < -0.4 is 9.46 Å². The molecule has 6 nitrogen and oxygen atoms in total. The Morgan fingerprint density at radius 3 is 2.80 bits per heavy atom. The lowest BCUT2D eigenvalue weighted by Crippen LogP contribution is -2.35. The highest BCUT2D eigenvalue weighted by atomic mass is 32.2. The minimum Gasteiger partial charge on any atom is -0.493 e. The molecule has 20 heavy (non-hydrogen) atoms. The summed E-state index contributed by atoms with van der Waals surface area (Å²) < 4.78 is 55.0. The highest BCUT2D eigenvalue weighted by Gasteiger charge is 2.31. The summed E-state index contributed by atoms with van der Waals surface area (Å²) in [7, 11) is -6.79. The van der Waals surface area contributed by atoms with Crippen molar-refractivity contribution < 1.29 is 21.6 Å². The molecule has 0 aliphatic carbocycles. The third-order valence-corrected chi connectivity index (χ3v) is 6.81. The molecule has 110 valence electrons. The van der Waals surface area contributed by atoms with Crippen LogP contribution in [0.2, 0.25) is 0 Å². The maximum absolute atomic E-state index is 12.3. The predicted molar refractivity (Wildman–Crippen MR) is 73.0 cm³/mol. The average Bonchev–Trinajstić information content (AvgIpc) is 2.94. The van der Waals surface area contributed by atoms with E-state index in [9.17, 15) is 16.8 Å². The fourth-order valence-corrected chi connectivity index (χ4v) is 5.61. The van der Waals surface area contributed by atoms with Crippen molar-refractivity contribution in [2.24, 2.45) is 0 Å². The van der Waals surface area contributed by atoms with Gasteiger partial charge in [0.05, 0.1) is 23.0 Å². The molecule has 1 N–H and O–H groups in total. The van der Waals surface area contributed by atoms with Crippen LogP contribution in [-0.2, 0) is 26.3 Å². The standard InChI is InChI=1S/C12H15NO5S2/c14-19(15)6-4-10(8-19)13-20(16,17)11-1-2-12-9(7-11)3-5-18-12/h1-2,7,10,13H,3-6,8H2/t10-/m1/s1. The predicted octanol–water partition coefficient (Wildman–Crippen LogP) is 0.0869. The van der Waals surface area contributed by atoms with Crippen LogP contribution in [0.5, 0.6) is 5.75 Å². The molecule has 2 aliphatic rings. The summed E-state index contributed by atoms with van der Waals surface area (Å²) in [6, 6.07) is 4.18. The minimum absolute atomic E-state index is 0.0399. The highest BCUT2D eigenvalue weighted by Crippen LogP contribution is 2.27. The van der Waals surface area contributed by atoms with Gasteiger partial charge in [-0.25, -0.2) is 21.6 Å². The maximum Gasteiger partial charge on any atom is 0.240 e. The second kappa shape index (κ2) is 4.71. The van der Waals surface area contributed by atoms with Crippen LogP contribution in [0.15, 0.2) is 23.1 Å². The van der Waals surface area contributed by atoms with E-state index in [4.69, 9.17) is 4.74 Å². The molecule has 1 aromatic rings. The minimum atomic E-state index is -3.69. The Morgan fingerprint density at radius 2 is 2.10 bits per heavy atom. The van der Waals surface area contributed by atoms with Gasteiger partial charge in [-0.05, 0) is 30.2 Å². The molecule has 1 aromatic carbocycles. The van der Waals surface area contributed by atoms with Gasteiger partial charge in [-0.3, -0.25) is 0 Å². The zero-order valence-corrected chi connectivity index (χ0v) is 12.3. The Morgan fingerprint density at radius 1 is 1.30 bits per heavy atom. The first-order valence-electron chi connectivity index (χ1n) is 6.34. The molecule has 2 heterocycles. The van der Waals surface area contributed by atoms with Crippen LogP contribution >= 0.6 is 0 Å². The number of sulfonamides is 1. The monoisotopic (exact) mass is 317 g/mol. The fraction of sp³-hybridized carbons (Fsp3) is 0.500. The molecule has 0 bridgehead atoms. The van der Waals surface area contributed by atoms with Gasteiger partial charge in [0.2, 0.25) is 10.0 Å². The normalized spacial score (nSPS) is 24.3. The van der Waals surface area contributed by atoms with Crippen LogP contribution in [0.3, 0.4) is 0 Å². The quantitative estimate of drug-likeness (QED) is 0.853. The van der Waals surface area contributed by atoms with Crippen molar-refractivity contribution in [2.45, 2.75) is 23.8 Å². The number of hydrogen-bond donors (Lipinski definition) is 1. The molecule has 2 aliphatic heterocycles. The van der Waals surface area contributed by atoms with Crippen LogP contribution in [0.4, 0.5) is 0 Å². The number of hydrogen-bond acceptors (Lipinski definition) is 5. The van der Waals surface area contributed by atoms with Crippen molar-refractivity contribution in [1.82, 2.24) is 4.72 Å². The molecule has 0 unspecified atom stereocenters. The van der Waals surface area contributed by atoms with Gasteiger partial charge in [-0.1, -0.05) is 0 Å². The van der Waals surface area contributed by atoms with Gasteiger partial charge >= 0.3 is 0 Å². The van der Waals surface area contributed by atoms with E-state index >= 15 is 0 Å². The second-order valence-electron chi connectivity index (χ2n) is 5.09. The van der Waals surface area contributed by atoms with E-state index in [0.29, 0.717) is 25.2 Å². The first-order valence-corrected chi connectivity index (χ1v) is 9.65. The van der Waals surface area contributed by atoms with Crippen molar-refractivity contribution in [3.8, 4) is 5.75 Å². The molecule has 8 heteroatoms. The van der Waals surface area contributed by atoms with Gasteiger partial charge in [-0.15, -0.1) is 0 Å². The molecular weight excluding hydrogens is 302 g/mol. The Hall–Kier alpha value is -1.12. The van der Waals surface area contributed by atoms with Gasteiger partial charge in [0.1, 0.15) is 5.75 Å². The number of benzene rings is 1. The van der Waals surface area contributed by atoms with Crippen LogP contribution in [-0.4, -0.2) is 41.0 Å². The van der Waals surface area contributed by atoms with E-state index < -0.39 is 25.9 Å². The summed E-state index contributed by atoms with van der Waals surface area (Å²) in [6.45, 7) is 0.563. The lowest BCUT2D eigenvalue weighted by atomic mass is 10.2. The Kier molecular flexibility index (Phi) is 3.26. The summed E-state index contributed by atoms with van der Waals surface area (Å²) in [5, 5.41) is 0. The zero-order chi connectivity index (χ0) is 14.4.